The Morgan fingerprint density at radius 3 is 2.45 bits per heavy atom. The highest BCUT2D eigenvalue weighted by atomic mass is 32.2. The number of carbonyl (C=O) groups is 2. The Morgan fingerprint density at radius 2 is 1.86 bits per heavy atom. The second kappa shape index (κ2) is 8.16. The van der Waals surface area contributed by atoms with Crippen LogP contribution in [0.2, 0.25) is 0 Å². The molecule has 156 valence electrons. The number of rotatable bonds is 5. The summed E-state index contributed by atoms with van der Waals surface area (Å²) in [5.74, 6) is -0.681. The predicted molar refractivity (Wildman–Crippen MR) is 112 cm³/mol. The Bertz CT molecular complexity index is 1050. The first-order valence-electron chi connectivity index (χ1n) is 9.28. The maximum absolute atomic E-state index is 13.2. The molecule has 0 radical (unpaired) electrons. The van der Waals surface area contributed by atoms with Crippen molar-refractivity contribution < 1.29 is 22.7 Å². The van der Waals surface area contributed by atoms with Gasteiger partial charge in [0.1, 0.15) is 0 Å². The highest BCUT2D eigenvalue weighted by molar-refractivity contribution is 7.94. The quantitative estimate of drug-likeness (QED) is 0.727. The van der Waals surface area contributed by atoms with Crippen molar-refractivity contribution in [1.29, 1.82) is 0 Å². The lowest BCUT2D eigenvalue weighted by Crippen LogP contribution is -2.35. The van der Waals surface area contributed by atoms with Crippen LogP contribution in [0.25, 0.3) is 0 Å². The summed E-state index contributed by atoms with van der Waals surface area (Å²) in [6, 6.07) is 5.41. The van der Waals surface area contributed by atoms with Gasteiger partial charge in [-0.25, -0.2) is 13.2 Å². The molecule has 9 heteroatoms. The Morgan fingerprint density at radius 1 is 1.21 bits per heavy atom. The molecular formula is C20H24N2O5S2. The maximum Gasteiger partial charge on any atom is 0.340 e. The summed E-state index contributed by atoms with van der Waals surface area (Å²) in [6.45, 7) is 6.30. The molecule has 0 aliphatic carbocycles. The maximum atomic E-state index is 13.2. The Balaban J connectivity index is 2.05. The van der Waals surface area contributed by atoms with Crippen molar-refractivity contribution in [3.63, 3.8) is 0 Å². The fourth-order valence-electron chi connectivity index (χ4n) is 3.55. The molecule has 3 rings (SSSR count). The first kappa shape index (κ1) is 21.3. The van der Waals surface area contributed by atoms with E-state index in [-0.39, 0.29) is 15.7 Å². The average Bonchev–Trinajstić information content (AvgIpc) is 3.05. The number of anilines is 1. The second-order valence-corrected chi connectivity index (χ2v) is 10.0. The summed E-state index contributed by atoms with van der Waals surface area (Å²) in [4.78, 5) is 26.9. The van der Waals surface area contributed by atoms with E-state index in [2.05, 4.69) is 4.72 Å². The van der Waals surface area contributed by atoms with Crippen LogP contribution in [-0.4, -0.2) is 38.8 Å². The first-order valence-corrected chi connectivity index (χ1v) is 11.6. The van der Waals surface area contributed by atoms with Crippen molar-refractivity contribution in [2.45, 2.75) is 44.4 Å². The second-order valence-electron chi connectivity index (χ2n) is 7.06. The first-order chi connectivity index (χ1) is 13.7. The highest BCUT2D eigenvalue weighted by Gasteiger charge is 2.34. The number of aryl methyl sites for hydroxylation is 2. The minimum Gasteiger partial charge on any atom is -0.465 e. The number of carbonyl (C=O) groups excluding carboxylic acids is 2. The van der Waals surface area contributed by atoms with Crippen molar-refractivity contribution >= 4 is 38.9 Å². The Kier molecular flexibility index (Phi) is 6.00. The van der Waals surface area contributed by atoms with Crippen molar-refractivity contribution in [2.75, 3.05) is 18.4 Å². The summed E-state index contributed by atoms with van der Waals surface area (Å²) in [6.07, 6.45) is 0.797. The number of ether oxygens (including phenoxy) is 1. The number of sulfonamides is 1. The van der Waals surface area contributed by atoms with E-state index in [1.54, 1.807) is 24.0 Å². The van der Waals surface area contributed by atoms with Crippen LogP contribution in [0, 0.1) is 13.8 Å². The zero-order valence-electron chi connectivity index (χ0n) is 16.9. The molecule has 1 N–H and O–H groups in total. The van der Waals surface area contributed by atoms with Crippen LogP contribution in [0.15, 0.2) is 22.4 Å². The van der Waals surface area contributed by atoms with Gasteiger partial charge in [-0.2, -0.15) is 0 Å². The number of esters is 1. The third kappa shape index (κ3) is 4.30. The minimum absolute atomic E-state index is 0.00133. The van der Waals surface area contributed by atoms with Crippen LogP contribution >= 0.6 is 11.3 Å². The molecule has 1 aromatic carbocycles. The molecule has 0 fully saturated rings. The van der Waals surface area contributed by atoms with Crippen LogP contribution in [0.3, 0.4) is 0 Å². The van der Waals surface area contributed by atoms with Gasteiger partial charge in [-0.05, 0) is 49.1 Å². The monoisotopic (exact) mass is 436 g/mol. The van der Waals surface area contributed by atoms with E-state index >= 15 is 0 Å². The summed E-state index contributed by atoms with van der Waals surface area (Å²) in [5, 5.41) is 0. The van der Waals surface area contributed by atoms with Gasteiger partial charge in [0.25, 0.3) is 10.0 Å². The molecule has 29 heavy (non-hydrogen) atoms. The summed E-state index contributed by atoms with van der Waals surface area (Å²) in [5.41, 5.74) is 3.02. The van der Waals surface area contributed by atoms with Crippen molar-refractivity contribution in [3.8, 4) is 0 Å². The van der Waals surface area contributed by atoms with Gasteiger partial charge in [0.15, 0.2) is 4.21 Å². The number of nitrogens with one attached hydrogen (secondary N) is 1. The molecule has 0 unspecified atom stereocenters. The third-order valence-electron chi connectivity index (χ3n) is 4.79. The minimum atomic E-state index is -4.01. The molecule has 1 amide bonds. The number of amides is 1. The molecule has 7 nitrogen and oxygen atoms in total. The normalized spacial score (nSPS) is 13.7. The lowest BCUT2D eigenvalue weighted by atomic mass is 10.0. The number of methoxy groups -OCH3 is 1. The average molecular weight is 437 g/mol. The van der Waals surface area contributed by atoms with Crippen LogP contribution in [0.1, 0.15) is 45.3 Å². The summed E-state index contributed by atoms with van der Waals surface area (Å²) >= 11 is 1.03. The number of thiophene rings is 1. The van der Waals surface area contributed by atoms with Gasteiger partial charge >= 0.3 is 5.97 Å². The van der Waals surface area contributed by atoms with Gasteiger partial charge < -0.3 is 9.64 Å². The van der Waals surface area contributed by atoms with Gasteiger partial charge in [-0.3, -0.25) is 9.52 Å². The molecule has 1 aliphatic heterocycles. The SMILES string of the molecule is CCC(=O)N1CCc2c(sc(S(=O)(=O)Nc3cc(C)cc(C)c3)c2C(=O)OC)C1. The van der Waals surface area contributed by atoms with Gasteiger partial charge in [0.05, 0.1) is 19.2 Å². The summed E-state index contributed by atoms with van der Waals surface area (Å²) in [7, 11) is -2.77. The van der Waals surface area contributed by atoms with Crippen LogP contribution in [0.4, 0.5) is 5.69 Å². The molecule has 2 heterocycles. The molecular weight excluding hydrogens is 412 g/mol. The Hall–Kier alpha value is -2.39. The van der Waals surface area contributed by atoms with Crippen molar-refractivity contribution in [1.82, 2.24) is 4.90 Å². The zero-order valence-corrected chi connectivity index (χ0v) is 18.5. The van der Waals surface area contributed by atoms with E-state index in [1.165, 1.54) is 7.11 Å². The zero-order chi connectivity index (χ0) is 21.3. The number of nitrogens with zero attached hydrogens (tertiary/aromatic N) is 1. The molecule has 0 saturated carbocycles. The number of hydrogen-bond donors (Lipinski definition) is 1. The van der Waals surface area contributed by atoms with E-state index < -0.39 is 16.0 Å². The van der Waals surface area contributed by atoms with Crippen molar-refractivity contribution in [3.05, 3.63) is 45.3 Å². The summed E-state index contributed by atoms with van der Waals surface area (Å²) < 4.78 is 33.7. The van der Waals surface area contributed by atoms with E-state index in [0.717, 1.165) is 22.5 Å². The van der Waals surface area contributed by atoms with Gasteiger partial charge in [0.2, 0.25) is 5.91 Å². The molecule has 1 aromatic heterocycles. The number of hydrogen-bond acceptors (Lipinski definition) is 6. The number of fused-ring (bicyclic) bond motifs is 1. The Labute approximate surface area is 174 Å². The molecule has 0 spiro atoms. The fraction of sp³-hybridized carbons (Fsp3) is 0.400. The van der Waals surface area contributed by atoms with Crippen LogP contribution in [0.5, 0.6) is 0 Å². The predicted octanol–water partition coefficient (Wildman–Crippen LogP) is 3.25. The standard InChI is InChI=1S/C20H24N2O5S2/c1-5-17(23)22-7-6-15-16(11-22)28-20(18(15)19(24)27-4)29(25,26)21-14-9-12(2)8-13(3)10-14/h8-10,21H,5-7,11H2,1-4H3. The van der Waals surface area contributed by atoms with Crippen molar-refractivity contribution in [2.24, 2.45) is 0 Å². The lowest BCUT2D eigenvalue weighted by molar-refractivity contribution is -0.131. The molecule has 2 aromatic rings. The van der Waals surface area contributed by atoms with E-state index in [9.17, 15) is 18.0 Å². The van der Waals surface area contributed by atoms with E-state index in [1.807, 2.05) is 19.9 Å². The molecule has 0 atom stereocenters. The van der Waals surface area contributed by atoms with E-state index in [4.69, 9.17) is 4.74 Å². The molecule has 0 saturated heterocycles. The molecule has 1 aliphatic rings. The van der Waals surface area contributed by atoms with Crippen LogP contribution < -0.4 is 4.72 Å². The molecule has 0 bridgehead atoms. The largest absolute Gasteiger partial charge is 0.465 e. The van der Waals surface area contributed by atoms with Gasteiger partial charge in [-0.1, -0.05) is 13.0 Å². The number of benzene rings is 1. The van der Waals surface area contributed by atoms with E-state index in [0.29, 0.717) is 42.1 Å². The highest BCUT2D eigenvalue weighted by Crippen LogP contribution is 2.37. The smallest absolute Gasteiger partial charge is 0.340 e. The third-order valence-corrected chi connectivity index (χ3v) is 7.90. The van der Waals surface area contributed by atoms with Gasteiger partial charge in [-0.15, -0.1) is 11.3 Å². The topological polar surface area (TPSA) is 92.8 Å². The lowest BCUT2D eigenvalue weighted by Gasteiger charge is -2.26. The van der Waals surface area contributed by atoms with Crippen LogP contribution in [-0.2, 0) is 32.5 Å². The van der Waals surface area contributed by atoms with Gasteiger partial charge in [0, 0.05) is 23.5 Å². The fourth-order valence-corrected chi connectivity index (χ4v) is 6.49.